The van der Waals surface area contributed by atoms with Crippen molar-refractivity contribution in [2.45, 2.75) is 6.92 Å². The van der Waals surface area contributed by atoms with E-state index < -0.39 is 0 Å². The molecule has 1 aromatic heterocycles. The van der Waals surface area contributed by atoms with E-state index in [2.05, 4.69) is 26.2 Å². The van der Waals surface area contributed by atoms with Crippen molar-refractivity contribution >= 4 is 50.2 Å². The first-order valence-corrected chi connectivity index (χ1v) is 9.41. The highest BCUT2D eigenvalue weighted by molar-refractivity contribution is 9.10. The molecule has 1 heterocycles. The number of hydrogen-bond acceptors (Lipinski definition) is 3. The van der Waals surface area contributed by atoms with E-state index in [4.69, 9.17) is 16.0 Å². The number of carbonyl (C=O) groups excluding carboxylic acids is 1. The molecule has 0 unspecified atom stereocenters. The summed E-state index contributed by atoms with van der Waals surface area (Å²) in [6, 6.07) is 18.2. The predicted octanol–water partition coefficient (Wildman–Crippen LogP) is 6.47. The average molecular weight is 442 g/mol. The maximum atomic E-state index is 12.4. The Morgan fingerprint density at radius 3 is 2.70 bits per heavy atom. The zero-order chi connectivity index (χ0) is 19.0. The normalized spacial score (nSPS) is 10.9. The topological polar surface area (TPSA) is 55.1 Å². The second-order valence-electron chi connectivity index (χ2n) is 6.10. The number of nitrogens with zero attached hydrogens (tertiary/aromatic N) is 1. The Hall–Kier alpha value is -2.63. The summed E-state index contributed by atoms with van der Waals surface area (Å²) in [7, 11) is 0. The standard InChI is InChI=1S/C21H14BrClN2O2/c1-12-6-7-13(10-16(12)22)21-25-18-11-14(8-9-19(18)27-21)24-20(26)15-4-2-3-5-17(15)23/h2-11H,1H3,(H,24,26). The Labute approximate surface area is 169 Å². The molecule has 0 fully saturated rings. The second kappa shape index (κ2) is 7.18. The van der Waals surface area contributed by atoms with Crippen LogP contribution in [0.4, 0.5) is 5.69 Å². The fourth-order valence-electron chi connectivity index (χ4n) is 2.70. The van der Waals surface area contributed by atoms with Crippen LogP contribution in [0.25, 0.3) is 22.6 Å². The van der Waals surface area contributed by atoms with Gasteiger partial charge in [0.05, 0.1) is 10.6 Å². The molecule has 0 spiro atoms. The van der Waals surface area contributed by atoms with Crippen LogP contribution in [0, 0.1) is 6.92 Å². The Bertz CT molecular complexity index is 1170. The monoisotopic (exact) mass is 440 g/mol. The molecule has 6 heteroatoms. The SMILES string of the molecule is Cc1ccc(-c2nc3cc(NC(=O)c4ccccc4Cl)ccc3o2)cc1Br. The van der Waals surface area contributed by atoms with Crippen LogP contribution in [-0.4, -0.2) is 10.9 Å². The molecule has 3 aromatic carbocycles. The van der Waals surface area contributed by atoms with Crippen molar-refractivity contribution in [3.05, 3.63) is 81.3 Å². The summed E-state index contributed by atoms with van der Waals surface area (Å²) in [6.45, 7) is 2.02. The van der Waals surface area contributed by atoms with Crippen molar-refractivity contribution in [2.75, 3.05) is 5.32 Å². The zero-order valence-corrected chi connectivity index (χ0v) is 16.6. The zero-order valence-electron chi connectivity index (χ0n) is 14.3. The van der Waals surface area contributed by atoms with Crippen LogP contribution in [0.1, 0.15) is 15.9 Å². The van der Waals surface area contributed by atoms with Crippen LogP contribution >= 0.6 is 27.5 Å². The number of aromatic nitrogens is 1. The van der Waals surface area contributed by atoms with Gasteiger partial charge in [-0.3, -0.25) is 4.79 Å². The number of anilines is 1. The molecule has 27 heavy (non-hydrogen) atoms. The third-order valence-corrected chi connectivity index (χ3v) is 5.37. The first-order chi connectivity index (χ1) is 13.0. The van der Waals surface area contributed by atoms with E-state index in [0.717, 1.165) is 15.6 Å². The van der Waals surface area contributed by atoms with Crippen molar-refractivity contribution in [3.63, 3.8) is 0 Å². The van der Waals surface area contributed by atoms with Crippen LogP contribution in [0.15, 0.2) is 69.6 Å². The second-order valence-corrected chi connectivity index (χ2v) is 7.36. The minimum Gasteiger partial charge on any atom is -0.436 e. The summed E-state index contributed by atoms with van der Waals surface area (Å²) in [5.41, 5.74) is 4.38. The summed E-state index contributed by atoms with van der Waals surface area (Å²) in [5.74, 6) is 0.256. The number of fused-ring (bicyclic) bond motifs is 1. The van der Waals surface area contributed by atoms with Crippen molar-refractivity contribution < 1.29 is 9.21 Å². The first-order valence-electron chi connectivity index (χ1n) is 8.24. The molecule has 4 nitrogen and oxygen atoms in total. The van der Waals surface area contributed by atoms with Gasteiger partial charge in [-0.25, -0.2) is 4.98 Å². The molecule has 0 radical (unpaired) electrons. The highest BCUT2D eigenvalue weighted by atomic mass is 79.9. The fourth-order valence-corrected chi connectivity index (χ4v) is 3.30. The number of amides is 1. The van der Waals surface area contributed by atoms with Gasteiger partial charge in [-0.05, 0) is 55.0 Å². The Morgan fingerprint density at radius 1 is 1.11 bits per heavy atom. The van der Waals surface area contributed by atoms with E-state index in [1.165, 1.54) is 0 Å². The number of nitrogens with one attached hydrogen (secondary N) is 1. The van der Waals surface area contributed by atoms with Crippen molar-refractivity contribution in [3.8, 4) is 11.5 Å². The van der Waals surface area contributed by atoms with E-state index in [-0.39, 0.29) is 5.91 Å². The van der Waals surface area contributed by atoms with E-state index in [9.17, 15) is 4.79 Å². The van der Waals surface area contributed by atoms with Crippen molar-refractivity contribution in [2.24, 2.45) is 0 Å². The summed E-state index contributed by atoms with van der Waals surface area (Å²) >= 11 is 9.61. The number of rotatable bonds is 3. The lowest BCUT2D eigenvalue weighted by Gasteiger charge is -2.06. The van der Waals surface area contributed by atoms with Crippen LogP contribution < -0.4 is 5.32 Å². The number of aryl methyl sites for hydroxylation is 1. The van der Waals surface area contributed by atoms with Gasteiger partial charge < -0.3 is 9.73 Å². The Morgan fingerprint density at radius 2 is 1.93 bits per heavy atom. The van der Waals surface area contributed by atoms with Gasteiger partial charge in [0, 0.05) is 15.7 Å². The van der Waals surface area contributed by atoms with E-state index in [0.29, 0.717) is 33.3 Å². The van der Waals surface area contributed by atoms with Gasteiger partial charge in [0.25, 0.3) is 5.91 Å². The predicted molar refractivity (Wildman–Crippen MR) is 111 cm³/mol. The van der Waals surface area contributed by atoms with Crippen LogP contribution in [0.3, 0.4) is 0 Å². The van der Waals surface area contributed by atoms with E-state index >= 15 is 0 Å². The largest absolute Gasteiger partial charge is 0.436 e. The van der Waals surface area contributed by atoms with Crippen molar-refractivity contribution in [1.29, 1.82) is 0 Å². The van der Waals surface area contributed by atoms with Crippen molar-refractivity contribution in [1.82, 2.24) is 4.98 Å². The van der Waals surface area contributed by atoms with Gasteiger partial charge in [-0.15, -0.1) is 0 Å². The van der Waals surface area contributed by atoms with Gasteiger partial charge in [0.15, 0.2) is 5.58 Å². The number of carbonyl (C=O) groups is 1. The number of oxazole rings is 1. The lowest BCUT2D eigenvalue weighted by atomic mass is 10.1. The molecule has 0 saturated heterocycles. The number of halogens is 2. The highest BCUT2D eigenvalue weighted by Crippen LogP contribution is 2.29. The molecule has 0 atom stereocenters. The molecular formula is C21H14BrClN2O2. The van der Waals surface area contributed by atoms with E-state index in [1.54, 1.807) is 42.5 Å². The molecule has 1 amide bonds. The number of hydrogen-bond donors (Lipinski definition) is 1. The molecule has 0 aliphatic heterocycles. The molecule has 0 saturated carbocycles. The molecule has 0 aliphatic rings. The summed E-state index contributed by atoms with van der Waals surface area (Å²) < 4.78 is 6.84. The summed E-state index contributed by atoms with van der Waals surface area (Å²) in [4.78, 5) is 17.0. The minimum absolute atomic E-state index is 0.272. The van der Waals surface area contributed by atoms with Gasteiger partial charge in [-0.1, -0.05) is 45.7 Å². The first kappa shape index (κ1) is 17.8. The number of benzene rings is 3. The maximum Gasteiger partial charge on any atom is 0.257 e. The van der Waals surface area contributed by atoms with Gasteiger partial charge >= 0.3 is 0 Å². The maximum absolute atomic E-state index is 12.4. The smallest absolute Gasteiger partial charge is 0.257 e. The van der Waals surface area contributed by atoms with Crippen LogP contribution in [0.2, 0.25) is 5.02 Å². The molecule has 134 valence electrons. The quantitative estimate of drug-likeness (QED) is 0.396. The average Bonchev–Trinajstić information content (AvgIpc) is 3.07. The summed E-state index contributed by atoms with van der Waals surface area (Å²) in [6.07, 6.45) is 0. The van der Waals surface area contributed by atoms with Crippen LogP contribution in [-0.2, 0) is 0 Å². The Balaban J connectivity index is 1.64. The minimum atomic E-state index is -0.272. The van der Waals surface area contributed by atoms with Gasteiger partial charge in [0.1, 0.15) is 5.52 Å². The molecule has 0 bridgehead atoms. The lowest BCUT2D eigenvalue weighted by Crippen LogP contribution is -2.12. The Kier molecular flexibility index (Phi) is 4.72. The van der Waals surface area contributed by atoms with E-state index in [1.807, 2.05) is 25.1 Å². The van der Waals surface area contributed by atoms with Gasteiger partial charge in [-0.2, -0.15) is 0 Å². The van der Waals surface area contributed by atoms with Crippen LogP contribution in [0.5, 0.6) is 0 Å². The molecule has 0 aliphatic carbocycles. The third kappa shape index (κ3) is 3.61. The molecule has 1 N–H and O–H groups in total. The molecular weight excluding hydrogens is 428 g/mol. The van der Waals surface area contributed by atoms with Gasteiger partial charge in [0.2, 0.25) is 5.89 Å². The molecule has 4 rings (SSSR count). The fraction of sp³-hybridized carbons (Fsp3) is 0.0476. The third-order valence-electron chi connectivity index (χ3n) is 4.18. The highest BCUT2D eigenvalue weighted by Gasteiger charge is 2.13. The summed E-state index contributed by atoms with van der Waals surface area (Å²) in [5, 5.41) is 3.25. The lowest BCUT2D eigenvalue weighted by molar-refractivity contribution is 0.102. The molecule has 4 aromatic rings.